The van der Waals surface area contributed by atoms with Gasteiger partial charge in [-0.2, -0.15) is 0 Å². The van der Waals surface area contributed by atoms with Crippen LogP contribution in [0.4, 0.5) is 0 Å². The van der Waals surface area contributed by atoms with Gasteiger partial charge in [0.25, 0.3) is 11.8 Å². The first-order valence-corrected chi connectivity index (χ1v) is 14.6. The van der Waals surface area contributed by atoms with Gasteiger partial charge in [-0.25, -0.2) is 14.7 Å². The lowest BCUT2D eigenvalue weighted by Gasteiger charge is -2.29. The van der Waals surface area contributed by atoms with E-state index in [1.165, 1.54) is 30.3 Å². The molecule has 2 rings (SSSR count). The van der Waals surface area contributed by atoms with Gasteiger partial charge in [0, 0.05) is 5.56 Å². The number of rotatable bonds is 21. The van der Waals surface area contributed by atoms with Crippen LogP contribution in [0.3, 0.4) is 0 Å². The molecule has 7 N–H and O–H groups in total. The molecule has 0 spiro atoms. The normalized spacial score (nSPS) is 12.6. The number of benzene rings is 1. The standard InChI is InChI=1S/C30H38N4O13/c1-3-5-6-7-18(21(4-2)34(45)16-35)27(40)31-15-32-29(42)23-11-10-22(47-23)17-8-9-19(24(12-17)46-14-26(38)39)28(41)33-20(30(43)44)13-25(36)37/h8-12,16,18,20-21,45H,3-7,13-15H2,1-2H3,(H,31,40)(H,32,42)(H,33,41)(H,36,37)(H,38,39)(H,43,44). The van der Waals surface area contributed by atoms with Crippen molar-refractivity contribution in [1.29, 1.82) is 0 Å². The van der Waals surface area contributed by atoms with Crippen molar-refractivity contribution in [1.82, 2.24) is 21.0 Å². The molecule has 3 unspecified atom stereocenters. The van der Waals surface area contributed by atoms with Crippen molar-refractivity contribution >= 4 is 42.0 Å². The summed E-state index contributed by atoms with van der Waals surface area (Å²) in [5.41, 5.74) is -0.0541. The van der Waals surface area contributed by atoms with Gasteiger partial charge in [0.2, 0.25) is 12.3 Å². The first-order valence-electron chi connectivity index (χ1n) is 14.6. The van der Waals surface area contributed by atoms with Crippen LogP contribution in [0.2, 0.25) is 0 Å². The Labute approximate surface area is 268 Å². The van der Waals surface area contributed by atoms with Crippen LogP contribution in [-0.2, 0) is 24.0 Å². The second-order valence-electron chi connectivity index (χ2n) is 10.3. The Hall–Kier alpha value is -5.45. The van der Waals surface area contributed by atoms with Crippen molar-refractivity contribution in [2.24, 2.45) is 5.92 Å². The fourth-order valence-electron chi connectivity index (χ4n) is 4.62. The van der Waals surface area contributed by atoms with E-state index in [1.807, 2.05) is 6.92 Å². The molecule has 3 atom stereocenters. The number of carbonyl (C=O) groups excluding carboxylic acids is 4. The summed E-state index contributed by atoms with van der Waals surface area (Å²) in [4.78, 5) is 83.0. The third-order valence-corrected chi connectivity index (χ3v) is 6.97. The van der Waals surface area contributed by atoms with Gasteiger partial charge in [0.05, 0.1) is 30.6 Å². The zero-order valence-corrected chi connectivity index (χ0v) is 25.8. The van der Waals surface area contributed by atoms with Crippen LogP contribution in [-0.4, -0.2) is 93.0 Å². The summed E-state index contributed by atoms with van der Waals surface area (Å²) in [5, 5.41) is 44.8. The molecule has 0 aliphatic carbocycles. The van der Waals surface area contributed by atoms with Gasteiger partial charge in [-0.05, 0) is 37.1 Å². The summed E-state index contributed by atoms with van der Waals surface area (Å²) in [6, 6.07) is 3.95. The summed E-state index contributed by atoms with van der Waals surface area (Å²) in [6.45, 7) is 2.56. The molecule has 0 radical (unpaired) electrons. The molecule has 1 aromatic heterocycles. The van der Waals surface area contributed by atoms with Crippen molar-refractivity contribution in [3.63, 3.8) is 0 Å². The highest BCUT2D eigenvalue weighted by Gasteiger charge is 2.31. The van der Waals surface area contributed by atoms with E-state index in [1.54, 1.807) is 6.92 Å². The number of hydroxylamine groups is 2. The van der Waals surface area contributed by atoms with Crippen LogP contribution in [0, 0.1) is 5.92 Å². The summed E-state index contributed by atoms with van der Waals surface area (Å²) < 4.78 is 10.8. The number of nitrogens with one attached hydrogen (secondary N) is 3. The minimum absolute atomic E-state index is 0.0966. The predicted octanol–water partition coefficient (Wildman–Crippen LogP) is 1.69. The predicted molar refractivity (Wildman–Crippen MR) is 160 cm³/mol. The second-order valence-corrected chi connectivity index (χ2v) is 10.3. The van der Waals surface area contributed by atoms with E-state index in [-0.39, 0.29) is 41.5 Å². The van der Waals surface area contributed by atoms with Gasteiger partial charge in [-0.1, -0.05) is 39.2 Å². The van der Waals surface area contributed by atoms with Gasteiger partial charge in [-0.15, -0.1) is 0 Å². The van der Waals surface area contributed by atoms with Crippen molar-refractivity contribution in [3.8, 4) is 17.1 Å². The number of amides is 4. The summed E-state index contributed by atoms with van der Waals surface area (Å²) in [7, 11) is 0. The Balaban J connectivity index is 2.17. The fourth-order valence-corrected chi connectivity index (χ4v) is 4.62. The molecule has 0 aliphatic heterocycles. The maximum atomic E-state index is 12.9. The lowest BCUT2D eigenvalue weighted by molar-refractivity contribution is -0.168. The van der Waals surface area contributed by atoms with Crippen LogP contribution in [0.25, 0.3) is 11.3 Å². The lowest BCUT2D eigenvalue weighted by atomic mass is 9.90. The van der Waals surface area contributed by atoms with Gasteiger partial charge in [-0.3, -0.25) is 29.2 Å². The number of ether oxygens (including phenoxy) is 1. The first kappa shape index (κ1) is 37.7. The van der Waals surface area contributed by atoms with Gasteiger partial charge in [0.1, 0.15) is 17.6 Å². The van der Waals surface area contributed by atoms with E-state index >= 15 is 0 Å². The highest BCUT2D eigenvalue weighted by molar-refractivity contribution is 6.00. The van der Waals surface area contributed by atoms with Crippen molar-refractivity contribution in [2.45, 2.75) is 64.5 Å². The second kappa shape index (κ2) is 18.5. The molecular formula is C30H38N4O13. The number of hydrogen-bond acceptors (Lipinski definition) is 10. The summed E-state index contributed by atoms with van der Waals surface area (Å²) >= 11 is 0. The maximum absolute atomic E-state index is 12.9. The van der Waals surface area contributed by atoms with Crippen molar-refractivity contribution < 1.29 is 63.2 Å². The number of hydrogen-bond donors (Lipinski definition) is 7. The van der Waals surface area contributed by atoms with E-state index in [4.69, 9.17) is 19.4 Å². The molecule has 0 aliphatic rings. The molecule has 0 saturated carbocycles. The molecule has 256 valence electrons. The molecule has 17 nitrogen and oxygen atoms in total. The van der Waals surface area contributed by atoms with Gasteiger partial charge >= 0.3 is 17.9 Å². The number of unbranched alkanes of at least 4 members (excludes halogenated alkanes) is 2. The quantitative estimate of drug-likeness (QED) is 0.0330. The molecule has 2 aromatic rings. The average Bonchev–Trinajstić information content (AvgIpc) is 3.53. The molecule has 0 bridgehead atoms. The lowest BCUT2D eigenvalue weighted by Crippen LogP contribution is -2.47. The Morgan fingerprint density at radius 1 is 0.957 bits per heavy atom. The largest absolute Gasteiger partial charge is 0.481 e. The highest BCUT2D eigenvalue weighted by Crippen LogP contribution is 2.29. The molecule has 0 fully saturated rings. The van der Waals surface area contributed by atoms with E-state index in [0.717, 1.165) is 12.8 Å². The fraction of sp³-hybridized carbons (Fsp3) is 0.433. The Morgan fingerprint density at radius 2 is 1.68 bits per heavy atom. The molecule has 1 heterocycles. The monoisotopic (exact) mass is 662 g/mol. The third-order valence-electron chi connectivity index (χ3n) is 6.97. The van der Waals surface area contributed by atoms with Gasteiger partial charge in [0.15, 0.2) is 12.4 Å². The number of carbonyl (C=O) groups is 7. The molecule has 47 heavy (non-hydrogen) atoms. The number of aliphatic carboxylic acids is 3. The minimum atomic E-state index is -1.77. The zero-order valence-electron chi connectivity index (χ0n) is 25.8. The van der Waals surface area contributed by atoms with Crippen LogP contribution in [0.1, 0.15) is 73.3 Å². The topological polar surface area (TPSA) is 262 Å². The third kappa shape index (κ3) is 11.4. The van der Waals surface area contributed by atoms with Crippen molar-refractivity contribution in [2.75, 3.05) is 13.3 Å². The zero-order chi connectivity index (χ0) is 35.1. The summed E-state index contributed by atoms with van der Waals surface area (Å²) in [5.74, 6) is -7.75. The first-order chi connectivity index (χ1) is 22.3. The Morgan fingerprint density at radius 3 is 2.28 bits per heavy atom. The molecule has 17 heteroatoms. The maximum Gasteiger partial charge on any atom is 0.341 e. The number of carboxylic acids is 3. The van der Waals surface area contributed by atoms with E-state index in [2.05, 4.69) is 16.0 Å². The van der Waals surface area contributed by atoms with E-state index in [9.17, 15) is 43.9 Å². The number of nitrogens with zero attached hydrogens (tertiary/aromatic N) is 1. The minimum Gasteiger partial charge on any atom is -0.481 e. The van der Waals surface area contributed by atoms with E-state index < -0.39 is 66.7 Å². The molecular weight excluding hydrogens is 624 g/mol. The Bertz CT molecular complexity index is 1440. The molecule has 0 saturated heterocycles. The molecule has 1 aromatic carbocycles. The van der Waals surface area contributed by atoms with Crippen LogP contribution >= 0.6 is 0 Å². The SMILES string of the molecule is CCCCCC(C(=O)NCNC(=O)c1ccc(-c2ccc(C(=O)NC(CC(=O)O)C(=O)O)c(OCC(=O)O)c2)o1)C(CC)N(O)C=O. The highest BCUT2D eigenvalue weighted by atomic mass is 16.5. The Kier molecular flexibility index (Phi) is 14.9. The van der Waals surface area contributed by atoms with Crippen LogP contribution in [0.5, 0.6) is 5.75 Å². The average molecular weight is 663 g/mol. The smallest absolute Gasteiger partial charge is 0.341 e. The van der Waals surface area contributed by atoms with Gasteiger partial charge < -0.3 is 40.4 Å². The van der Waals surface area contributed by atoms with Crippen LogP contribution in [0.15, 0.2) is 34.7 Å². The van der Waals surface area contributed by atoms with E-state index in [0.29, 0.717) is 24.3 Å². The number of carboxylic acid groups (broad SMARTS) is 3. The summed E-state index contributed by atoms with van der Waals surface area (Å²) in [6.07, 6.45) is 2.52. The van der Waals surface area contributed by atoms with Crippen LogP contribution < -0.4 is 20.7 Å². The number of furan rings is 1. The van der Waals surface area contributed by atoms with Crippen molar-refractivity contribution in [3.05, 3.63) is 41.7 Å². The molecule has 4 amide bonds.